The van der Waals surface area contributed by atoms with Crippen LogP contribution in [0.25, 0.3) is 22.8 Å². The molecular formula is C39H40F12N10O8S2. The van der Waals surface area contributed by atoms with E-state index in [1.54, 1.807) is 6.92 Å². The van der Waals surface area contributed by atoms with Gasteiger partial charge in [0.05, 0.1) is 21.3 Å². The van der Waals surface area contributed by atoms with E-state index in [1.165, 1.54) is 48.5 Å². The van der Waals surface area contributed by atoms with E-state index in [1.807, 2.05) is 0 Å². The number of hydrogen-bond donors (Lipinski definition) is 0. The minimum absolute atomic E-state index is 0.0597. The van der Waals surface area contributed by atoms with E-state index in [0.29, 0.717) is 17.0 Å². The van der Waals surface area contributed by atoms with E-state index in [2.05, 4.69) is 50.3 Å². The zero-order chi connectivity index (χ0) is 52.6. The van der Waals surface area contributed by atoms with Gasteiger partial charge in [-0.2, -0.15) is 52.7 Å². The van der Waals surface area contributed by atoms with Gasteiger partial charge < -0.3 is 19.3 Å². The summed E-state index contributed by atoms with van der Waals surface area (Å²) in [7, 11) is -7.34. The van der Waals surface area contributed by atoms with Crippen LogP contribution in [0.1, 0.15) is 44.3 Å². The summed E-state index contributed by atoms with van der Waals surface area (Å²) in [5.74, 6) is -0.00392. The third kappa shape index (κ3) is 16.0. The standard InChI is InChI=1S/C20H21F6N5O4S.C19H19F6N5O4S/c1-12-27-29-16(30-28-12)14-2-4-15(5-3-14)36(33,34)11-8-13-6-9-31(10-7-13)18(32)35-17(19(21,22)23)20(24,25)26;20-18(21,22)16(19(23,24)25)34-17(31)30-8-5-12(6-9-30)7-10-35(32,33)14-3-1-13(2-4-14)15-28-26-11-27-29-15/h2-5,13,17H,6-11H2,1H3;1-4,11-12,16H,5-10H2. The first-order valence-electron chi connectivity index (χ1n) is 20.8. The Labute approximate surface area is 395 Å². The number of halogens is 12. The largest absolute Gasteiger partial charge is 0.434 e. The van der Waals surface area contributed by atoms with Gasteiger partial charge >= 0.3 is 36.9 Å². The topological polar surface area (TPSA) is 230 Å². The maximum atomic E-state index is 12.7. The number of aromatic nitrogens is 8. The van der Waals surface area contributed by atoms with Gasteiger partial charge in [0.25, 0.3) is 12.2 Å². The van der Waals surface area contributed by atoms with Gasteiger partial charge in [0, 0.05) is 37.3 Å². The number of ether oxygens (including phenoxy) is 2. The number of likely N-dealkylation sites (tertiary alicyclic amines) is 2. The fraction of sp³-hybridized carbons (Fsp3) is 0.538. The lowest BCUT2D eigenvalue weighted by Gasteiger charge is -2.33. The predicted octanol–water partition coefficient (Wildman–Crippen LogP) is 7.19. The summed E-state index contributed by atoms with van der Waals surface area (Å²) in [6, 6.07) is 11.6. The molecule has 0 saturated carbocycles. The number of amides is 2. The molecule has 0 bridgehead atoms. The Hall–Kier alpha value is -6.08. The number of hydrogen-bond acceptors (Lipinski definition) is 16. The summed E-state index contributed by atoms with van der Waals surface area (Å²) in [4.78, 5) is 25.3. The number of carbonyl (C=O) groups excluding carboxylic acids is 2. The number of rotatable bonds is 12. The Kier molecular flexibility index (Phi) is 17.7. The molecule has 2 aromatic carbocycles. The smallest absolute Gasteiger partial charge is 0.426 e. The molecule has 0 radical (unpaired) electrons. The number of piperidine rings is 2. The van der Waals surface area contributed by atoms with Crippen molar-refractivity contribution in [1.82, 2.24) is 50.6 Å². The predicted molar refractivity (Wildman–Crippen MR) is 218 cm³/mol. The lowest BCUT2D eigenvalue weighted by atomic mass is 9.95. The second kappa shape index (κ2) is 22.6. The Balaban J connectivity index is 0.000000264. The van der Waals surface area contributed by atoms with Gasteiger partial charge in [-0.25, -0.2) is 26.4 Å². The molecule has 0 N–H and O–H groups in total. The second-order valence-electron chi connectivity index (χ2n) is 16.0. The minimum atomic E-state index is -5.79. The molecule has 2 aliphatic rings. The van der Waals surface area contributed by atoms with E-state index in [9.17, 15) is 79.1 Å². The zero-order valence-corrected chi connectivity index (χ0v) is 38.2. The van der Waals surface area contributed by atoms with Gasteiger partial charge in [-0.1, -0.05) is 0 Å². The monoisotopic (exact) mass is 1070 g/mol. The fourth-order valence-corrected chi connectivity index (χ4v) is 9.87. The van der Waals surface area contributed by atoms with Crippen LogP contribution >= 0.6 is 0 Å². The Bertz CT molecular complexity index is 2590. The van der Waals surface area contributed by atoms with Crippen LogP contribution in [0, 0.1) is 18.8 Å². The minimum Gasteiger partial charge on any atom is -0.426 e. The highest BCUT2D eigenvalue weighted by Gasteiger charge is 2.61. The molecule has 32 heteroatoms. The molecule has 2 amide bonds. The molecule has 2 aliphatic heterocycles. The summed E-state index contributed by atoms with van der Waals surface area (Å²) < 4.78 is 209. The molecule has 6 rings (SSSR count). The third-order valence-corrected chi connectivity index (χ3v) is 14.4. The summed E-state index contributed by atoms with van der Waals surface area (Å²) in [5, 5.41) is 30.1. The number of benzene rings is 2. The molecule has 71 heavy (non-hydrogen) atoms. The van der Waals surface area contributed by atoms with Crippen LogP contribution < -0.4 is 0 Å². The van der Waals surface area contributed by atoms with Crippen molar-refractivity contribution in [3.8, 4) is 22.8 Å². The highest BCUT2D eigenvalue weighted by molar-refractivity contribution is 7.91. The van der Waals surface area contributed by atoms with E-state index in [-0.39, 0.29) is 109 Å². The molecule has 4 aromatic rings. The van der Waals surface area contributed by atoms with Crippen molar-refractivity contribution in [2.24, 2.45) is 11.8 Å². The molecule has 0 unspecified atom stereocenters. The van der Waals surface area contributed by atoms with Crippen LogP contribution in [0.4, 0.5) is 62.3 Å². The molecule has 0 spiro atoms. The molecular weight excluding hydrogens is 1030 g/mol. The molecule has 390 valence electrons. The molecule has 4 heterocycles. The highest BCUT2D eigenvalue weighted by atomic mass is 32.2. The van der Waals surface area contributed by atoms with Gasteiger partial charge in [0.15, 0.2) is 31.8 Å². The second-order valence-corrected chi connectivity index (χ2v) is 20.2. The van der Waals surface area contributed by atoms with Crippen molar-refractivity contribution in [1.29, 1.82) is 0 Å². The van der Waals surface area contributed by atoms with Crippen molar-refractivity contribution in [3.05, 3.63) is 60.7 Å². The summed E-state index contributed by atoms with van der Waals surface area (Å²) >= 11 is 0. The molecule has 2 saturated heterocycles. The van der Waals surface area contributed by atoms with E-state index >= 15 is 0 Å². The lowest BCUT2D eigenvalue weighted by molar-refractivity contribution is -0.309. The average Bonchev–Trinajstić information content (AvgIpc) is 3.31. The highest BCUT2D eigenvalue weighted by Crippen LogP contribution is 2.38. The molecule has 0 atom stereocenters. The molecule has 18 nitrogen and oxygen atoms in total. The summed E-state index contributed by atoms with van der Waals surface area (Å²) in [5.41, 5.74) is 1.04. The van der Waals surface area contributed by atoms with Gasteiger partial charge in [0.1, 0.15) is 0 Å². The van der Waals surface area contributed by atoms with E-state index in [0.717, 1.165) is 16.1 Å². The van der Waals surface area contributed by atoms with Crippen molar-refractivity contribution < 1.29 is 88.6 Å². The third-order valence-electron chi connectivity index (χ3n) is 10.9. The number of alkyl halides is 12. The first kappa shape index (κ1) is 55.8. The van der Waals surface area contributed by atoms with Crippen LogP contribution in [0.15, 0.2) is 64.6 Å². The van der Waals surface area contributed by atoms with Crippen molar-refractivity contribution in [2.45, 2.75) is 92.2 Å². The Morgan fingerprint density at radius 2 is 0.845 bits per heavy atom. The van der Waals surface area contributed by atoms with Crippen LogP contribution in [0.3, 0.4) is 0 Å². The van der Waals surface area contributed by atoms with Crippen molar-refractivity contribution >= 4 is 31.9 Å². The number of carbonyl (C=O) groups is 2. The van der Waals surface area contributed by atoms with E-state index in [4.69, 9.17) is 0 Å². The molecule has 2 fully saturated rings. The normalized spacial score (nSPS) is 15.9. The first-order valence-corrected chi connectivity index (χ1v) is 24.1. The summed E-state index contributed by atoms with van der Waals surface area (Å²) in [6.45, 7) is 1.00. The Morgan fingerprint density at radius 1 is 0.535 bits per heavy atom. The van der Waals surface area contributed by atoms with Gasteiger partial charge in [0.2, 0.25) is 11.6 Å². The van der Waals surface area contributed by atoms with Gasteiger partial charge in [-0.15, -0.1) is 40.8 Å². The van der Waals surface area contributed by atoms with Crippen LogP contribution in [-0.4, -0.2) is 154 Å². The molecule has 0 aliphatic carbocycles. The SMILES string of the molecule is Cc1nnc(-c2ccc(S(=O)(=O)CCC3CCN(C(=O)OC(C(F)(F)F)C(F)(F)F)CC3)cc2)nn1.O=C(OC(C(F)(F)F)C(F)(F)F)N1CCC(CCS(=O)(=O)c2ccc(-c3nncnn3)cc2)CC1. The lowest BCUT2D eigenvalue weighted by Crippen LogP contribution is -2.49. The average molecular weight is 1070 g/mol. The Morgan fingerprint density at radius 3 is 1.15 bits per heavy atom. The zero-order valence-electron chi connectivity index (χ0n) is 36.6. The number of aryl methyl sites for hydroxylation is 1. The quantitative estimate of drug-likeness (QED) is 0.128. The van der Waals surface area contributed by atoms with Gasteiger partial charge in [-0.3, -0.25) is 0 Å². The van der Waals surface area contributed by atoms with Crippen LogP contribution in [0.2, 0.25) is 0 Å². The van der Waals surface area contributed by atoms with Crippen LogP contribution in [-0.2, 0) is 29.1 Å². The maximum Gasteiger partial charge on any atom is 0.434 e. The van der Waals surface area contributed by atoms with Crippen LogP contribution in [0.5, 0.6) is 0 Å². The molecule has 2 aromatic heterocycles. The number of nitrogens with zero attached hydrogens (tertiary/aromatic N) is 10. The van der Waals surface area contributed by atoms with Gasteiger partial charge in [-0.05, 0) is 106 Å². The van der Waals surface area contributed by atoms with Crippen molar-refractivity contribution in [2.75, 3.05) is 37.7 Å². The first-order chi connectivity index (χ1) is 32.9. The van der Waals surface area contributed by atoms with Crippen molar-refractivity contribution in [3.63, 3.8) is 0 Å². The number of sulfone groups is 2. The fourth-order valence-electron chi connectivity index (χ4n) is 7.01. The van der Waals surface area contributed by atoms with E-state index < -0.39 is 68.8 Å². The maximum absolute atomic E-state index is 12.7. The summed E-state index contributed by atoms with van der Waals surface area (Å²) in [6.07, 6.45) is -32.6.